The van der Waals surface area contributed by atoms with Crippen LogP contribution in [0.3, 0.4) is 0 Å². The van der Waals surface area contributed by atoms with Gasteiger partial charge in [-0.05, 0) is 38.1 Å². The van der Waals surface area contributed by atoms with Crippen molar-refractivity contribution >= 4 is 10.9 Å². The molecule has 0 aliphatic carbocycles. The number of imidazole rings is 1. The molecule has 4 nitrogen and oxygen atoms in total. The number of pyridine rings is 1. The summed E-state index contributed by atoms with van der Waals surface area (Å²) < 4.78 is 2.36. The van der Waals surface area contributed by atoms with Gasteiger partial charge in [-0.3, -0.25) is 4.98 Å². The summed E-state index contributed by atoms with van der Waals surface area (Å²) >= 11 is 0. The molecule has 0 saturated carbocycles. The van der Waals surface area contributed by atoms with E-state index >= 15 is 0 Å². The first-order valence-electron chi connectivity index (χ1n) is 8.46. The number of benzene rings is 1. The van der Waals surface area contributed by atoms with Crippen molar-refractivity contribution in [2.75, 3.05) is 19.6 Å². The van der Waals surface area contributed by atoms with E-state index in [2.05, 4.69) is 56.8 Å². The summed E-state index contributed by atoms with van der Waals surface area (Å²) in [5.74, 6) is 1.06. The number of para-hydroxylation sites is 1. The zero-order valence-electron chi connectivity index (χ0n) is 13.5. The molecule has 3 heterocycles. The lowest BCUT2D eigenvalue weighted by Crippen LogP contribution is -2.36. The Labute approximate surface area is 136 Å². The smallest absolute Gasteiger partial charge is 0.140 e. The normalized spacial score (nSPS) is 19.3. The van der Waals surface area contributed by atoms with Crippen LogP contribution in [0.5, 0.6) is 0 Å². The van der Waals surface area contributed by atoms with E-state index in [9.17, 15) is 0 Å². The van der Waals surface area contributed by atoms with E-state index < -0.39 is 0 Å². The van der Waals surface area contributed by atoms with Crippen LogP contribution in [0.15, 0.2) is 48.9 Å². The van der Waals surface area contributed by atoms with Gasteiger partial charge in [0.25, 0.3) is 0 Å². The Morgan fingerprint density at radius 1 is 1.13 bits per heavy atom. The summed E-state index contributed by atoms with van der Waals surface area (Å²) in [7, 11) is 0. The Kier molecular flexibility index (Phi) is 3.83. The lowest BCUT2D eigenvalue weighted by atomic mass is 10.0. The summed E-state index contributed by atoms with van der Waals surface area (Å²) in [5.41, 5.74) is 2.20. The minimum absolute atomic E-state index is 0.508. The van der Waals surface area contributed by atoms with Gasteiger partial charge in [0.05, 0.1) is 5.52 Å². The second kappa shape index (κ2) is 6.13. The van der Waals surface area contributed by atoms with Gasteiger partial charge in [0, 0.05) is 42.1 Å². The molecule has 0 radical (unpaired) electrons. The van der Waals surface area contributed by atoms with Gasteiger partial charge in [-0.25, -0.2) is 4.98 Å². The van der Waals surface area contributed by atoms with Crippen LogP contribution in [0.1, 0.15) is 25.8 Å². The molecule has 0 amide bonds. The Hall–Kier alpha value is -2.20. The zero-order valence-corrected chi connectivity index (χ0v) is 13.5. The van der Waals surface area contributed by atoms with Gasteiger partial charge in [0.1, 0.15) is 5.82 Å². The average Bonchev–Trinajstić information content (AvgIpc) is 3.11. The van der Waals surface area contributed by atoms with Gasteiger partial charge >= 0.3 is 0 Å². The van der Waals surface area contributed by atoms with Crippen LogP contribution in [0.25, 0.3) is 22.3 Å². The topological polar surface area (TPSA) is 34.0 Å². The molecule has 118 valence electrons. The SMILES string of the molecule is CCN1CCCC(n2ccnc2-c2ccnc3ccccc23)C1. The fourth-order valence-electron chi connectivity index (χ4n) is 3.65. The molecule has 23 heavy (non-hydrogen) atoms. The Morgan fingerprint density at radius 2 is 2.04 bits per heavy atom. The highest BCUT2D eigenvalue weighted by atomic mass is 15.2. The number of hydrogen-bond acceptors (Lipinski definition) is 3. The first-order valence-corrected chi connectivity index (χ1v) is 8.46. The van der Waals surface area contributed by atoms with E-state index in [0.29, 0.717) is 6.04 Å². The molecule has 0 spiro atoms. The average molecular weight is 306 g/mol. The first kappa shape index (κ1) is 14.4. The molecule has 4 heteroatoms. The predicted molar refractivity (Wildman–Crippen MR) is 93.3 cm³/mol. The van der Waals surface area contributed by atoms with Crippen LogP contribution in [0.4, 0.5) is 0 Å². The molecule has 0 bridgehead atoms. The van der Waals surface area contributed by atoms with Gasteiger partial charge in [-0.1, -0.05) is 25.1 Å². The van der Waals surface area contributed by atoms with Crippen molar-refractivity contribution in [1.29, 1.82) is 0 Å². The fraction of sp³-hybridized carbons (Fsp3) is 0.368. The van der Waals surface area contributed by atoms with Crippen LogP contribution >= 0.6 is 0 Å². The molecule has 4 rings (SSSR count). The monoisotopic (exact) mass is 306 g/mol. The number of aromatic nitrogens is 3. The summed E-state index contributed by atoms with van der Waals surface area (Å²) in [5, 5.41) is 1.17. The van der Waals surface area contributed by atoms with E-state index in [1.807, 2.05) is 18.5 Å². The van der Waals surface area contributed by atoms with Gasteiger partial charge in [-0.15, -0.1) is 0 Å². The number of rotatable bonds is 3. The molecule has 2 aromatic heterocycles. The third-order valence-corrected chi connectivity index (χ3v) is 4.88. The zero-order chi connectivity index (χ0) is 15.6. The number of likely N-dealkylation sites (tertiary alicyclic amines) is 1. The molecule has 1 atom stereocenters. The van der Waals surface area contributed by atoms with Gasteiger partial charge in [-0.2, -0.15) is 0 Å². The van der Waals surface area contributed by atoms with Crippen molar-refractivity contribution in [3.63, 3.8) is 0 Å². The molecular formula is C19H22N4. The van der Waals surface area contributed by atoms with E-state index in [1.54, 1.807) is 0 Å². The van der Waals surface area contributed by atoms with E-state index in [0.717, 1.165) is 24.4 Å². The largest absolute Gasteiger partial charge is 0.327 e. The summed E-state index contributed by atoms with van der Waals surface area (Å²) in [4.78, 5) is 11.7. The predicted octanol–water partition coefficient (Wildman–Crippen LogP) is 3.76. The van der Waals surface area contributed by atoms with Crippen LogP contribution in [0, 0.1) is 0 Å². The van der Waals surface area contributed by atoms with Crippen LogP contribution in [-0.2, 0) is 0 Å². The summed E-state index contributed by atoms with van der Waals surface area (Å²) in [6.07, 6.45) is 8.43. The first-order chi connectivity index (χ1) is 11.4. The Bertz CT molecular complexity index is 802. The maximum atomic E-state index is 4.68. The van der Waals surface area contributed by atoms with E-state index in [1.165, 1.54) is 30.3 Å². The standard InChI is InChI=1S/C19H22N4/c1-2-22-12-5-6-15(14-22)23-13-11-21-19(23)17-9-10-20-18-8-4-3-7-16(17)18/h3-4,7-11,13,15H,2,5-6,12,14H2,1H3. The maximum absolute atomic E-state index is 4.68. The molecule has 1 fully saturated rings. The maximum Gasteiger partial charge on any atom is 0.140 e. The highest BCUT2D eigenvalue weighted by Crippen LogP contribution is 2.30. The number of nitrogens with zero attached hydrogens (tertiary/aromatic N) is 4. The van der Waals surface area contributed by atoms with E-state index in [4.69, 9.17) is 0 Å². The van der Waals surface area contributed by atoms with Gasteiger partial charge in [0.15, 0.2) is 0 Å². The van der Waals surface area contributed by atoms with Crippen molar-refractivity contribution in [3.8, 4) is 11.4 Å². The number of piperidine rings is 1. The second-order valence-electron chi connectivity index (χ2n) is 6.22. The Balaban J connectivity index is 1.77. The molecule has 1 saturated heterocycles. The second-order valence-corrected chi connectivity index (χ2v) is 6.22. The number of hydrogen-bond donors (Lipinski definition) is 0. The fourth-order valence-corrected chi connectivity index (χ4v) is 3.65. The third kappa shape index (κ3) is 2.63. The molecule has 3 aromatic rings. The van der Waals surface area contributed by atoms with Crippen molar-refractivity contribution in [1.82, 2.24) is 19.4 Å². The van der Waals surface area contributed by atoms with Crippen molar-refractivity contribution in [3.05, 3.63) is 48.9 Å². The molecular weight excluding hydrogens is 284 g/mol. The molecule has 1 aliphatic rings. The highest BCUT2D eigenvalue weighted by molar-refractivity contribution is 5.92. The minimum Gasteiger partial charge on any atom is -0.327 e. The van der Waals surface area contributed by atoms with Crippen molar-refractivity contribution in [2.45, 2.75) is 25.8 Å². The third-order valence-electron chi connectivity index (χ3n) is 4.88. The van der Waals surface area contributed by atoms with Crippen LogP contribution < -0.4 is 0 Å². The highest BCUT2D eigenvalue weighted by Gasteiger charge is 2.22. The lowest BCUT2D eigenvalue weighted by molar-refractivity contribution is 0.186. The van der Waals surface area contributed by atoms with Crippen molar-refractivity contribution < 1.29 is 0 Å². The summed E-state index contributed by atoms with van der Waals surface area (Å²) in [6.45, 7) is 5.70. The Morgan fingerprint density at radius 3 is 2.96 bits per heavy atom. The van der Waals surface area contributed by atoms with Crippen molar-refractivity contribution in [2.24, 2.45) is 0 Å². The number of likely N-dealkylation sites (N-methyl/N-ethyl adjacent to an activating group) is 1. The minimum atomic E-state index is 0.508. The lowest BCUT2D eigenvalue weighted by Gasteiger charge is -2.33. The number of fused-ring (bicyclic) bond motifs is 1. The molecule has 0 N–H and O–H groups in total. The van der Waals surface area contributed by atoms with Gasteiger partial charge < -0.3 is 9.47 Å². The molecule has 1 aromatic carbocycles. The quantitative estimate of drug-likeness (QED) is 0.739. The van der Waals surface area contributed by atoms with E-state index in [-0.39, 0.29) is 0 Å². The van der Waals surface area contributed by atoms with Gasteiger partial charge in [0.2, 0.25) is 0 Å². The van der Waals surface area contributed by atoms with Crippen LogP contribution in [0.2, 0.25) is 0 Å². The molecule has 1 aliphatic heterocycles. The summed E-state index contributed by atoms with van der Waals surface area (Å²) in [6, 6.07) is 10.9. The molecule has 1 unspecified atom stereocenters. The van der Waals surface area contributed by atoms with Crippen LogP contribution in [-0.4, -0.2) is 39.1 Å².